The summed E-state index contributed by atoms with van der Waals surface area (Å²) >= 11 is 0. The highest BCUT2D eigenvalue weighted by atomic mass is 32.2. The van der Waals surface area contributed by atoms with Crippen molar-refractivity contribution >= 4 is 27.6 Å². The fourth-order valence-electron chi connectivity index (χ4n) is 4.69. The Morgan fingerprint density at radius 3 is 2.35 bits per heavy atom. The third kappa shape index (κ3) is 5.05. The van der Waals surface area contributed by atoms with Crippen molar-refractivity contribution in [1.82, 2.24) is 8.87 Å². The number of hydrogen-bond acceptors (Lipinski definition) is 5. The molecule has 1 amide bonds. The maximum absolute atomic E-state index is 13.7. The van der Waals surface area contributed by atoms with E-state index in [1.807, 2.05) is 35.8 Å². The smallest absolute Gasteiger partial charge is 0.341 e. The molecule has 0 radical (unpaired) electrons. The molecule has 34 heavy (non-hydrogen) atoms. The minimum atomic E-state index is -3.94. The number of hydrogen-bond donors (Lipinski definition) is 1. The van der Waals surface area contributed by atoms with E-state index in [1.165, 1.54) is 4.31 Å². The maximum atomic E-state index is 13.7. The average Bonchev–Trinajstić information content (AvgIpc) is 3.09. The lowest BCUT2D eigenvalue weighted by atomic mass is 9.97. The molecule has 0 saturated carbocycles. The van der Waals surface area contributed by atoms with Gasteiger partial charge in [-0.25, -0.2) is 13.2 Å². The highest BCUT2D eigenvalue weighted by Gasteiger charge is 2.38. The van der Waals surface area contributed by atoms with Crippen molar-refractivity contribution in [3.63, 3.8) is 0 Å². The summed E-state index contributed by atoms with van der Waals surface area (Å²) in [7, 11) is -3.94. The van der Waals surface area contributed by atoms with Crippen LogP contribution < -0.4 is 5.32 Å². The van der Waals surface area contributed by atoms with Crippen LogP contribution in [-0.2, 0) is 32.5 Å². The lowest BCUT2D eigenvalue weighted by molar-refractivity contribution is -0.120. The molecule has 3 rings (SSSR count). The van der Waals surface area contributed by atoms with Crippen LogP contribution in [-0.4, -0.2) is 48.9 Å². The molecule has 1 aliphatic heterocycles. The number of carbonyl (C=O) groups is 2. The lowest BCUT2D eigenvalue weighted by Gasteiger charge is -2.30. The highest BCUT2D eigenvalue weighted by molar-refractivity contribution is 7.89. The van der Waals surface area contributed by atoms with E-state index in [9.17, 15) is 18.0 Å². The first-order valence-corrected chi connectivity index (χ1v) is 13.4. The topological polar surface area (TPSA) is 97.7 Å². The number of aryl methyl sites for hydroxylation is 1. The number of amides is 1. The van der Waals surface area contributed by atoms with Gasteiger partial charge >= 0.3 is 5.97 Å². The molecule has 1 fully saturated rings. The summed E-state index contributed by atoms with van der Waals surface area (Å²) in [5.74, 6) is -0.997. The molecule has 0 unspecified atom stereocenters. The van der Waals surface area contributed by atoms with Crippen LogP contribution in [0.3, 0.4) is 0 Å². The standard InChI is InChI=1S/C25H35N3O5S/c1-6-19-10-9-11-21(16-19)26-24(29)20-12-14-27(15-13-20)34(31,32)23-18(5)28(7-2)17(4)22(23)25(30)33-8-3/h9-11,16,20H,6-8,12-15H2,1-5H3,(H,26,29). The molecule has 1 aromatic heterocycles. The number of anilines is 1. The molecule has 1 N–H and O–H groups in total. The van der Waals surface area contributed by atoms with Crippen molar-refractivity contribution in [2.75, 3.05) is 25.0 Å². The van der Waals surface area contributed by atoms with Gasteiger partial charge in [-0.2, -0.15) is 4.31 Å². The third-order valence-electron chi connectivity index (χ3n) is 6.55. The van der Waals surface area contributed by atoms with Crippen molar-refractivity contribution in [2.45, 2.75) is 65.3 Å². The molecule has 0 aliphatic carbocycles. The average molecular weight is 490 g/mol. The van der Waals surface area contributed by atoms with E-state index in [-0.39, 0.29) is 42.0 Å². The van der Waals surface area contributed by atoms with Gasteiger partial charge in [0, 0.05) is 42.6 Å². The Labute approximate surface area is 202 Å². The Hall–Kier alpha value is -2.65. The van der Waals surface area contributed by atoms with Gasteiger partial charge in [-0.1, -0.05) is 19.1 Å². The van der Waals surface area contributed by atoms with Gasteiger partial charge in [0.1, 0.15) is 10.5 Å². The predicted octanol–water partition coefficient (Wildman–Crippen LogP) is 3.90. The first-order chi connectivity index (χ1) is 16.1. The molecule has 0 atom stereocenters. The van der Waals surface area contributed by atoms with Gasteiger partial charge in [-0.3, -0.25) is 4.79 Å². The minimum absolute atomic E-state index is 0.0181. The molecule has 2 aromatic rings. The number of benzene rings is 1. The second-order valence-electron chi connectivity index (χ2n) is 8.56. The molecule has 0 spiro atoms. The second kappa shape index (κ2) is 10.7. The van der Waals surface area contributed by atoms with Crippen molar-refractivity contribution in [2.24, 2.45) is 5.92 Å². The van der Waals surface area contributed by atoms with Crippen LogP contribution in [0.25, 0.3) is 0 Å². The zero-order valence-corrected chi connectivity index (χ0v) is 21.5. The van der Waals surface area contributed by atoms with Crippen LogP contribution in [0.1, 0.15) is 60.9 Å². The van der Waals surface area contributed by atoms with Crippen LogP contribution in [0, 0.1) is 19.8 Å². The van der Waals surface area contributed by atoms with E-state index in [0.29, 0.717) is 30.8 Å². The summed E-state index contributed by atoms with van der Waals surface area (Å²) in [6, 6.07) is 7.74. The molecule has 1 aromatic carbocycles. The Kier molecular flexibility index (Phi) is 8.20. The van der Waals surface area contributed by atoms with Crippen LogP contribution in [0.2, 0.25) is 0 Å². The van der Waals surface area contributed by atoms with Gasteiger partial charge in [0.05, 0.1) is 6.61 Å². The van der Waals surface area contributed by atoms with Crippen molar-refractivity contribution in [1.29, 1.82) is 0 Å². The number of sulfonamides is 1. The SMILES string of the molecule is CCOC(=O)c1c(S(=O)(=O)N2CCC(C(=O)Nc3cccc(CC)c3)CC2)c(C)n(CC)c1C. The number of esters is 1. The lowest BCUT2D eigenvalue weighted by Crippen LogP contribution is -2.42. The minimum Gasteiger partial charge on any atom is -0.462 e. The highest BCUT2D eigenvalue weighted by Crippen LogP contribution is 2.32. The summed E-state index contributed by atoms with van der Waals surface area (Å²) in [6.45, 7) is 10.3. The van der Waals surface area contributed by atoms with Gasteiger partial charge in [0.25, 0.3) is 0 Å². The normalized spacial score (nSPS) is 15.3. The van der Waals surface area contributed by atoms with Crippen molar-refractivity contribution in [3.05, 3.63) is 46.8 Å². The summed E-state index contributed by atoms with van der Waals surface area (Å²) in [4.78, 5) is 25.5. The second-order valence-corrected chi connectivity index (χ2v) is 10.4. The van der Waals surface area contributed by atoms with E-state index >= 15 is 0 Å². The molecule has 2 heterocycles. The number of rotatable bonds is 8. The molecule has 9 heteroatoms. The number of nitrogens with one attached hydrogen (secondary N) is 1. The molecule has 8 nitrogen and oxygen atoms in total. The number of carbonyl (C=O) groups excluding carboxylic acids is 2. The van der Waals surface area contributed by atoms with Gasteiger partial charge in [0.15, 0.2) is 0 Å². The van der Waals surface area contributed by atoms with Crippen LogP contribution in [0.4, 0.5) is 5.69 Å². The summed E-state index contributed by atoms with van der Waals surface area (Å²) in [5.41, 5.74) is 3.11. The van der Waals surface area contributed by atoms with Gasteiger partial charge < -0.3 is 14.6 Å². The van der Waals surface area contributed by atoms with Gasteiger partial charge in [-0.15, -0.1) is 0 Å². The van der Waals surface area contributed by atoms with E-state index in [4.69, 9.17) is 4.74 Å². The van der Waals surface area contributed by atoms with Crippen LogP contribution >= 0.6 is 0 Å². The molecule has 0 bridgehead atoms. The number of piperidine rings is 1. The molecular weight excluding hydrogens is 454 g/mol. The number of ether oxygens (including phenoxy) is 1. The molecule has 1 aliphatic rings. The largest absolute Gasteiger partial charge is 0.462 e. The van der Waals surface area contributed by atoms with Crippen molar-refractivity contribution in [3.8, 4) is 0 Å². The fourth-order valence-corrected chi connectivity index (χ4v) is 6.61. The van der Waals surface area contributed by atoms with E-state index < -0.39 is 16.0 Å². The van der Waals surface area contributed by atoms with E-state index in [0.717, 1.165) is 17.7 Å². The van der Waals surface area contributed by atoms with Gasteiger partial charge in [0.2, 0.25) is 15.9 Å². The Bertz CT molecular complexity index is 1160. The molecule has 1 saturated heterocycles. The monoisotopic (exact) mass is 489 g/mol. The molecule has 186 valence electrons. The zero-order valence-electron chi connectivity index (χ0n) is 20.7. The fraction of sp³-hybridized carbons (Fsp3) is 0.520. The first kappa shape index (κ1) is 26.0. The molecular formula is C25H35N3O5S. The third-order valence-corrected chi connectivity index (χ3v) is 8.61. The summed E-state index contributed by atoms with van der Waals surface area (Å²) in [5, 5.41) is 2.97. The predicted molar refractivity (Wildman–Crippen MR) is 131 cm³/mol. The van der Waals surface area contributed by atoms with Crippen LogP contribution in [0.5, 0.6) is 0 Å². The van der Waals surface area contributed by atoms with Crippen molar-refractivity contribution < 1.29 is 22.7 Å². The Morgan fingerprint density at radius 2 is 1.76 bits per heavy atom. The van der Waals surface area contributed by atoms with E-state index in [1.54, 1.807) is 20.8 Å². The quantitative estimate of drug-likeness (QED) is 0.567. The first-order valence-electron chi connectivity index (χ1n) is 11.9. The van der Waals surface area contributed by atoms with Crippen LogP contribution in [0.15, 0.2) is 29.2 Å². The maximum Gasteiger partial charge on any atom is 0.341 e. The Balaban J connectivity index is 1.78. The summed E-state index contributed by atoms with van der Waals surface area (Å²) in [6.07, 6.45) is 1.71. The van der Waals surface area contributed by atoms with E-state index in [2.05, 4.69) is 12.2 Å². The number of nitrogens with zero attached hydrogens (tertiary/aromatic N) is 2. The zero-order chi connectivity index (χ0) is 25.0. The van der Waals surface area contributed by atoms with Gasteiger partial charge in [-0.05, 0) is 64.7 Å². The summed E-state index contributed by atoms with van der Waals surface area (Å²) < 4.78 is 35.7. The Morgan fingerprint density at radius 1 is 1.09 bits per heavy atom. The number of aromatic nitrogens is 1.